The van der Waals surface area contributed by atoms with Crippen molar-refractivity contribution in [2.24, 2.45) is 0 Å². The van der Waals surface area contributed by atoms with Crippen molar-refractivity contribution < 1.29 is 4.92 Å². The highest BCUT2D eigenvalue weighted by molar-refractivity contribution is 5.62. The maximum absolute atomic E-state index is 10.8. The van der Waals surface area contributed by atoms with E-state index in [0.29, 0.717) is 11.6 Å². The van der Waals surface area contributed by atoms with Crippen LogP contribution in [0.2, 0.25) is 0 Å². The number of anilines is 1. The van der Waals surface area contributed by atoms with Gasteiger partial charge in [-0.25, -0.2) is 0 Å². The first-order valence-corrected chi connectivity index (χ1v) is 7.20. The van der Waals surface area contributed by atoms with Gasteiger partial charge in [0.25, 0.3) is 5.69 Å². The molecule has 1 aromatic rings. The zero-order chi connectivity index (χ0) is 15.4. The number of hydrogen-bond donors (Lipinski definition) is 0. The molecule has 6 nitrogen and oxygen atoms in total. The van der Waals surface area contributed by atoms with Crippen molar-refractivity contribution in [3.8, 4) is 6.07 Å². The number of non-ortho nitro benzene ring substituents is 1. The third kappa shape index (κ3) is 3.31. The first-order chi connectivity index (χ1) is 10.1. The van der Waals surface area contributed by atoms with Crippen LogP contribution in [0.1, 0.15) is 25.3 Å². The third-order valence-electron chi connectivity index (χ3n) is 4.11. The van der Waals surface area contributed by atoms with Gasteiger partial charge in [0.2, 0.25) is 0 Å². The first-order valence-electron chi connectivity index (χ1n) is 7.20. The fraction of sp³-hybridized carbons (Fsp3) is 0.533. The van der Waals surface area contributed by atoms with E-state index in [4.69, 9.17) is 0 Å². The van der Waals surface area contributed by atoms with Gasteiger partial charge in [-0.15, -0.1) is 0 Å². The summed E-state index contributed by atoms with van der Waals surface area (Å²) < 4.78 is 0. The molecule has 1 unspecified atom stereocenters. The first kappa shape index (κ1) is 15.3. The van der Waals surface area contributed by atoms with Gasteiger partial charge in [0.05, 0.1) is 16.2 Å². The summed E-state index contributed by atoms with van der Waals surface area (Å²) in [6.07, 6.45) is 2.37. The molecule has 1 aliphatic rings. The van der Waals surface area contributed by atoms with E-state index in [9.17, 15) is 15.4 Å². The molecule has 0 amide bonds. The second-order valence-electron chi connectivity index (χ2n) is 5.38. The predicted octanol–water partition coefficient (Wildman–Crippen LogP) is 2.39. The quantitative estimate of drug-likeness (QED) is 0.614. The summed E-state index contributed by atoms with van der Waals surface area (Å²) in [6, 6.07) is 7.02. The fourth-order valence-electron chi connectivity index (χ4n) is 2.99. The van der Waals surface area contributed by atoms with Crippen molar-refractivity contribution >= 4 is 11.4 Å². The summed E-state index contributed by atoms with van der Waals surface area (Å²) in [5.74, 6) is 0. The topological polar surface area (TPSA) is 73.4 Å². The molecule has 1 atom stereocenters. The van der Waals surface area contributed by atoms with E-state index in [2.05, 4.69) is 17.9 Å². The molecule has 0 N–H and O–H groups in total. The summed E-state index contributed by atoms with van der Waals surface area (Å²) in [5.41, 5.74) is 1.07. The third-order valence-corrected chi connectivity index (χ3v) is 4.11. The second kappa shape index (κ2) is 6.55. The standard InChI is InChI=1S/C15H20N4O2/c1-3-18-8-4-5-14(18)11-17(2)15-7-6-13(19(20)21)9-12(15)10-16/h6-7,9,14H,3-5,8,11H2,1-2H3. The fourth-order valence-corrected chi connectivity index (χ4v) is 2.99. The Morgan fingerprint density at radius 3 is 2.95 bits per heavy atom. The van der Waals surface area contributed by atoms with Crippen molar-refractivity contribution in [2.75, 3.05) is 31.6 Å². The van der Waals surface area contributed by atoms with Crippen molar-refractivity contribution in [3.63, 3.8) is 0 Å². The lowest BCUT2D eigenvalue weighted by Crippen LogP contribution is -2.38. The number of likely N-dealkylation sites (N-methyl/N-ethyl adjacent to an activating group) is 2. The Labute approximate surface area is 124 Å². The van der Waals surface area contributed by atoms with E-state index >= 15 is 0 Å². The molecule has 112 valence electrons. The van der Waals surface area contributed by atoms with Crippen LogP contribution in [0.5, 0.6) is 0 Å². The van der Waals surface area contributed by atoms with E-state index in [1.165, 1.54) is 18.6 Å². The van der Waals surface area contributed by atoms with Gasteiger partial charge < -0.3 is 4.90 Å². The van der Waals surface area contributed by atoms with Crippen molar-refractivity contribution in [2.45, 2.75) is 25.8 Å². The molecule has 1 heterocycles. The van der Waals surface area contributed by atoms with Crippen LogP contribution in [-0.2, 0) is 0 Å². The lowest BCUT2D eigenvalue weighted by Gasteiger charge is -2.29. The largest absolute Gasteiger partial charge is 0.372 e. The Kier molecular flexibility index (Phi) is 4.76. The number of rotatable bonds is 5. The highest BCUT2D eigenvalue weighted by atomic mass is 16.6. The smallest absolute Gasteiger partial charge is 0.270 e. The molecule has 6 heteroatoms. The Balaban J connectivity index is 2.17. The van der Waals surface area contributed by atoms with Crippen LogP contribution < -0.4 is 4.90 Å². The number of nitro groups is 1. The van der Waals surface area contributed by atoms with Gasteiger partial charge in [0.1, 0.15) is 6.07 Å². The Morgan fingerprint density at radius 1 is 1.57 bits per heavy atom. The Morgan fingerprint density at radius 2 is 2.33 bits per heavy atom. The number of nitriles is 1. The highest BCUT2D eigenvalue weighted by Gasteiger charge is 2.25. The molecule has 1 aromatic carbocycles. The van der Waals surface area contributed by atoms with Gasteiger partial charge in [0, 0.05) is 31.8 Å². The van der Waals surface area contributed by atoms with Gasteiger partial charge in [-0.05, 0) is 32.0 Å². The monoisotopic (exact) mass is 288 g/mol. The maximum atomic E-state index is 10.8. The van der Waals surface area contributed by atoms with Crippen LogP contribution >= 0.6 is 0 Å². The van der Waals surface area contributed by atoms with Crippen LogP contribution in [0.4, 0.5) is 11.4 Å². The van der Waals surface area contributed by atoms with E-state index in [-0.39, 0.29) is 5.69 Å². The van der Waals surface area contributed by atoms with Crippen LogP contribution in [-0.4, -0.2) is 42.5 Å². The average molecular weight is 288 g/mol. The zero-order valence-electron chi connectivity index (χ0n) is 12.5. The molecule has 0 radical (unpaired) electrons. The van der Waals surface area contributed by atoms with E-state index < -0.39 is 4.92 Å². The molecular weight excluding hydrogens is 268 g/mol. The zero-order valence-corrected chi connectivity index (χ0v) is 12.5. The van der Waals surface area contributed by atoms with Gasteiger partial charge >= 0.3 is 0 Å². The maximum Gasteiger partial charge on any atom is 0.270 e. The summed E-state index contributed by atoms with van der Waals surface area (Å²) in [5, 5.41) is 20.0. The summed E-state index contributed by atoms with van der Waals surface area (Å²) >= 11 is 0. The van der Waals surface area contributed by atoms with Crippen molar-refractivity contribution in [3.05, 3.63) is 33.9 Å². The lowest BCUT2D eigenvalue weighted by atomic mass is 10.1. The Hall–Kier alpha value is -2.13. The number of likely N-dealkylation sites (tertiary alicyclic amines) is 1. The molecule has 0 bridgehead atoms. The van der Waals surface area contributed by atoms with Crippen LogP contribution in [0.3, 0.4) is 0 Å². The SMILES string of the molecule is CCN1CCCC1CN(C)c1ccc([N+](=O)[O-])cc1C#N. The minimum absolute atomic E-state index is 0.0419. The molecule has 0 aliphatic carbocycles. The van der Waals surface area contributed by atoms with Crippen LogP contribution in [0.15, 0.2) is 18.2 Å². The van der Waals surface area contributed by atoms with Crippen molar-refractivity contribution in [1.82, 2.24) is 4.90 Å². The van der Waals surface area contributed by atoms with E-state index in [1.54, 1.807) is 6.07 Å². The molecule has 0 aromatic heterocycles. The normalized spacial score (nSPS) is 18.4. The molecule has 1 aliphatic heterocycles. The second-order valence-corrected chi connectivity index (χ2v) is 5.38. The molecule has 1 saturated heterocycles. The minimum atomic E-state index is -0.472. The molecule has 0 spiro atoms. The number of benzene rings is 1. The average Bonchev–Trinajstić information content (AvgIpc) is 2.93. The summed E-state index contributed by atoms with van der Waals surface area (Å²) in [6.45, 7) is 5.15. The highest BCUT2D eigenvalue weighted by Crippen LogP contribution is 2.26. The van der Waals surface area contributed by atoms with Crippen LogP contribution in [0, 0.1) is 21.4 Å². The molecule has 21 heavy (non-hydrogen) atoms. The number of hydrogen-bond acceptors (Lipinski definition) is 5. The van der Waals surface area contributed by atoms with Crippen molar-refractivity contribution in [1.29, 1.82) is 5.26 Å². The van der Waals surface area contributed by atoms with Gasteiger partial charge in [0.15, 0.2) is 0 Å². The molecule has 2 rings (SSSR count). The molecular formula is C15H20N4O2. The van der Waals surface area contributed by atoms with Gasteiger partial charge in [-0.1, -0.05) is 6.92 Å². The summed E-state index contributed by atoms with van der Waals surface area (Å²) in [7, 11) is 1.94. The van der Waals surface area contributed by atoms with Gasteiger partial charge in [-0.2, -0.15) is 5.26 Å². The molecule has 1 fully saturated rings. The Bertz CT molecular complexity index is 567. The number of nitrogens with zero attached hydrogens (tertiary/aromatic N) is 4. The van der Waals surface area contributed by atoms with E-state index in [1.807, 2.05) is 11.9 Å². The summed E-state index contributed by atoms with van der Waals surface area (Å²) in [4.78, 5) is 14.8. The molecule has 0 saturated carbocycles. The predicted molar refractivity (Wildman–Crippen MR) is 81.4 cm³/mol. The van der Waals surface area contributed by atoms with Gasteiger partial charge in [-0.3, -0.25) is 15.0 Å². The van der Waals surface area contributed by atoms with Crippen LogP contribution in [0.25, 0.3) is 0 Å². The minimum Gasteiger partial charge on any atom is -0.372 e. The van der Waals surface area contributed by atoms with E-state index in [0.717, 1.165) is 31.7 Å². The number of nitro benzene ring substituents is 1. The lowest BCUT2D eigenvalue weighted by molar-refractivity contribution is -0.384.